The smallest absolute Gasteiger partial charge is 0.0977 e. The third kappa shape index (κ3) is 2.78. The predicted octanol–water partition coefficient (Wildman–Crippen LogP) is 5.33. The van der Waals surface area contributed by atoms with Crippen LogP contribution < -0.4 is 0 Å². The van der Waals surface area contributed by atoms with Crippen molar-refractivity contribution in [2.24, 2.45) is 4.99 Å². The number of allylic oxidation sites excluding steroid dienone is 5. The topological polar surface area (TPSA) is 66.8 Å². The Morgan fingerprint density at radius 3 is 2.90 bits per heavy atom. The molecule has 6 rings (SSSR count). The number of hydrogen-bond acceptors (Lipinski definition) is 4. The summed E-state index contributed by atoms with van der Waals surface area (Å²) in [6, 6.07) is 14.5. The molecule has 0 spiro atoms. The molecule has 31 heavy (non-hydrogen) atoms. The number of pyridine rings is 2. The van der Waals surface area contributed by atoms with Crippen molar-refractivity contribution in [1.29, 1.82) is 0 Å². The van der Waals surface area contributed by atoms with Crippen LogP contribution in [0.3, 0.4) is 0 Å². The first kappa shape index (κ1) is 17.7. The largest absolute Gasteiger partial charge is 0.343 e. The fourth-order valence-corrected chi connectivity index (χ4v) is 4.34. The van der Waals surface area contributed by atoms with E-state index in [2.05, 4.69) is 56.4 Å². The van der Waals surface area contributed by atoms with Gasteiger partial charge in [0.25, 0.3) is 0 Å². The third-order valence-corrected chi connectivity index (χ3v) is 5.93. The van der Waals surface area contributed by atoms with Gasteiger partial charge in [-0.3, -0.25) is 15.0 Å². The number of aliphatic imine (C=N–C) groups is 1. The van der Waals surface area contributed by atoms with Crippen molar-refractivity contribution in [3.8, 4) is 22.6 Å². The summed E-state index contributed by atoms with van der Waals surface area (Å²) in [4.78, 5) is 21.7. The minimum Gasteiger partial charge on any atom is -0.343 e. The lowest BCUT2D eigenvalue weighted by atomic mass is 9.74. The Labute approximate surface area is 179 Å². The van der Waals surface area contributed by atoms with Gasteiger partial charge in [0.2, 0.25) is 0 Å². The van der Waals surface area contributed by atoms with Gasteiger partial charge in [0.15, 0.2) is 0 Å². The maximum absolute atomic E-state index is 4.74. The normalized spacial score (nSPS) is 19.1. The average Bonchev–Trinajstić information content (AvgIpc) is 3.46. The number of hydrogen-bond donors (Lipinski definition) is 1. The molecule has 148 valence electrons. The SMILES string of the molecule is Cc1cccc(-c2[nH]cnc2-c2ccc3ncc(C45C=CC=CC4=CN=C5)cc3c2)n1. The summed E-state index contributed by atoms with van der Waals surface area (Å²) >= 11 is 0. The highest BCUT2D eigenvalue weighted by atomic mass is 14.9. The van der Waals surface area contributed by atoms with Gasteiger partial charge in [-0.15, -0.1) is 0 Å². The Kier molecular flexibility index (Phi) is 3.83. The van der Waals surface area contributed by atoms with Crippen molar-refractivity contribution in [2.45, 2.75) is 12.3 Å². The molecule has 5 heteroatoms. The molecule has 0 fully saturated rings. The highest BCUT2D eigenvalue weighted by molar-refractivity contribution is 5.91. The number of aromatic amines is 1. The van der Waals surface area contributed by atoms with Crippen molar-refractivity contribution >= 4 is 17.1 Å². The summed E-state index contributed by atoms with van der Waals surface area (Å²) in [5, 5.41) is 1.07. The second-order valence-corrected chi connectivity index (χ2v) is 7.87. The van der Waals surface area contributed by atoms with Gasteiger partial charge in [-0.05, 0) is 48.4 Å². The highest BCUT2D eigenvalue weighted by Crippen LogP contribution is 2.39. The molecule has 1 aliphatic carbocycles. The average molecular weight is 401 g/mol. The summed E-state index contributed by atoms with van der Waals surface area (Å²) in [5.41, 5.74) is 7.56. The molecule has 1 aromatic carbocycles. The van der Waals surface area contributed by atoms with E-state index in [0.717, 1.165) is 50.4 Å². The fourth-order valence-electron chi connectivity index (χ4n) is 4.34. The molecule has 0 saturated carbocycles. The third-order valence-electron chi connectivity index (χ3n) is 5.93. The quantitative estimate of drug-likeness (QED) is 0.505. The van der Waals surface area contributed by atoms with Crippen molar-refractivity contribution in [2.75, 3.05) is 0 Å². The number of aryl methyl sites for hydroxylation is 1. The molecule has 0 saturated heterocycles. The summed E-state index contributed by atoms with van der Waals surface area (Å²) in [6.07, 6.45) is 16.0. The van der Waals surface area contributed by atoms with Crippen LogP contribution in [0.1, 0.15) is 11.3 Å². The Morgan fingerprint density at radius 2 is 1.97 bits per heavy atom. The van der Waals surface area contributed by atoms with Gasteiger partial charge in [-0.25, -0.2) is 4.98 Å². The molecule has 0 bridgehead atoms. The second-order valence-electron chi connectivity index (χ2n) is 7.87. The lowest BCUT2D eigenvalue weighted by molar-refractivity contribution is 0.891. The first-order valence-electron chi connectivity index (χ1n) is 10.2. The van der Waals surface area contributed by atoms with Gasteiger partial charge in [-0.2, -0.15) is 0 Å². The fraction of sp³-hybridized carbons (Fsp3) is 0.0769. The standard InChI is InChI=1S/C26H19N5/c1-17-5-4-7-23(31-17)25-24(29-16-30-25)18-8-9-22-19(11-18)12-21(14-28-22)26-10-3-2-6-20(26)13-27-15-26/h2-16H,1H3,(H,29,30). The van der Waals surface area contributed by atoms with E-state index in [0.29, 0.717) is 0 Å². The maximum atomic E-state index is 4.74. The minimum atomic E-state index is -0.338. The van der Waals surface area contributed by atoms with Crippen LogP contribution >= 0.6 is 0 Å². The van der Waals surface area contributed by atoms with E-state index >= 15 is 0 Å². The molecule has 0 amide bonds. The number of nitrogens with one attached hydrogen (secondary N) is 1. The van der Waals surface area contributed by atoms with Gasteiger partial charge in [0, 0.05) is 35.3 Å². The zero-order valence-electron chi connectivity index (χ0n) is 16.9. The van der Waals surface area contributed by atoms with Crippen LogP contribution in [-0.2, 0) is 5.41 Å². The Bertz CT molecular complexity index is 1450. The molecule has 1 unspecified atom stereocenters. The highest BCUT2D eigenvalue weighted by Gasteiger charge is 2.35. The van der Waals surface area contributed by atoms with Gasteiger partial charge >= 0.3 is 0 Å². The first-order chi connectivity index (χ1) is 15.2. The van der Waals surface area contributed by atoms with Crippen LogP contribution in [-0.4, -0.2) is 26.2 Å². The minimum absolute atomic E-state index is 0.338. The molecule has 1 aliphatic heterocycles. The van der Waals surface area contributed by atoms with E-state index in [1.165, 1.54) is 0 Å². The van der Waals surface area contributed by atoms with Crippen LogP contribution in [0.4, 0.5) is 0 Å². The zero-order chi connectivity index (χ0) is 20.8. The number of H-pyrrole nitrogens is 1. The summed E-state index contributed by atoms with van der Waals surface area (Å²) in [6.45, 7) is 1.99. The van der Waals surface area contributed by atoms with Gasteiger partial charge in [-0.1, -0.05) is 36.4 Å². The van der Waals surface area contributed by atoms with Crippen LogP contribution in [0, 0.1) is 6.92 Å². The molecule has 1 N–H and O–H groups in total. The number of nitrogens with zero attached hydrogens (tertiary/aromatic N) is 4. The van der Waals surface area contributed by atoms with Crippen molar-refractivity contribution < 1.29 is 0 Å². The van der Waals surface area contributed by atoms with E-state index < -0.39 is 0 Å². The van der Waals surface area contributed by atoms with Crippen LogP contribution in [0.15, 0.2) is 96.1 Å². The molecule has 3 aromatic heterocycles. The number of aromatic nitrogens is 4. The van der Waals surface area contributed by atoms with Crippen LogP contribution in [0.25, 0.3) is 33.5 Å². The van der Waals surface area contributed by atoms with E-state index in [4.69, 9.17) is 4.98 Å². The summed E-state index contributed by atoms with van der Waals surface area (Å²) in [5.74, 6) is 0. The van der Waals surface area contributed by atoms with Crippen molar-refractivity contribution in [1.82, 2.24) is 19.9 Å². The lowest BCUT2D eigenvalue weighted by Gasteiger charge is -2.27. The van der Waals surface area contributed by atoms with Gasteiger partial charge < -0.3 is 4.98 Å². The Hall–Kier alpha value is -4.12. The van der Waals surface area contributed by atoms with E-state index in [1.807, 2.05) is 55.9 Å². The van der Waals surface area contributed by atoms with Gasteiger partial charge in [0.05, 0.1) is 34.3 Å². The van der Waals surface area contributed by atoms with Crippen molar-refractivity contribution in [3.05, 3.63) is 102 Å². The molecule has 5 nitrogen and oxygen atoms in total. The molecular formula is C26H19N5. The van der Waals surface area contributed by atoms with E-state index in [9.17, 15) is 0 Å². The number of fused-ring (bicyclic) bond motifs is 2. The first-order valence-corrected chi connectivity index (χ1v) is 10.2. The molecule has 4 heterocycles. The molecule has 0 radical (unpaired) electrons. The molecular weight excluding hydrogens is 382 g/mol. The number of rotatable bonds is 3. The zero-order valence-corrected chi connectivity index (χ0v) is 16.9. The van der Waals surface area contributed by atoms with Crippen LogP contribution in [0.2, 0.25) is 0 Å². The second kappa shape index (κ2) is 6.71. The van der Waals surface area contributed by atoms with Crippen LogP contribution in [0.5, 0.6) is 0 Å². The van der Waals surface area contributed by atoms with Gasteiger partial charge in [0.1, 0.15) is 0 Å². The summed E-state index contributed by atoms with van der Waals surface area (Å²) in [7, 11) is 0. The van der Waals surface area contributed by atoms with E-state index in [-0.39, 0.29) is 5.41 Å². The van der Waals surface area contributed by atoms with Crippen molar-refractivity contribution in [3.63, 3.8) is 0 Å². The number of imidazole rings is 1. The molecule has 4 aromatic rings. The predicted molar refractivity (Wildman–Crippen MR) is 124 cm³/mol. The Balaban J connectivity index is 1.47. The summed E-state index contributed by atoms with van der Waals surface area (Å²) < 4.78 is 0. The van der Waals surface area contributed by atoms with E-state index in [1.54, 1.807) is 6.33 Å². The lowest BCUT2D eigenvalue weighted by Crippen LogP contribution is -2.26. The maximum Gasteiger partial charge on any atom is 0.0977 e. The Morgan fingerprint density at radius 1 is 1.00 bits per heavy atom. The molecule has 2 aliphatic rings. The number of benzene rings is 1. The molecule has 1 atom stereocenters. The monoisotopic (exact) mass is 401 g/mol.